The van der Waals surface area contributed by atoms with Crippen molar-refractivity contribution in [2.45, 2.75) is 17.3 Å². The normalized spacial score (nSPS) is 12.4. The van der Waals surface area contributed by atoms with Gasteiger partial charge >= 0.3 is 0 Å². The second-order valence-electron chi connectivity index (χ2n) is 5.04. The van der Waals surface area contributed by atoms with Gasteiger partial charge in [0, 0.05) is 5.02 Å². The maximum Gasteiger partial charge on any atom is 0.257 e. The third-order valence-electron chi connectivity index (χ3n) is 3.30. The molecule has 0 spiro atoms. The van der Waals surface area contributed by atoms with E-state index in [9.17, 15) is 0 Å². The molecule has 126 valence electrons. The fourth-order valence-electron chi connectivity index (χ4n) is 2.13. The van der Waals surface area contributed by atoms with Crippen LogP contribution in [0.3, 0.4) is 0 Å². The number of benzene rings is 1. The van der Waals surface area contributed by atoms with Gasteiger partial charge in [-0.15, -0.1) is 26.6 Å². The minimum absolute atomic E-state index is 0.106. The Morgan fingerprint density at radius 2 is 2.12 bits per heavy atom. The van der Waals surface area contributed by atoms with Gasteiger partial charge in [-0.25, -0.2) is 0 Å². The van der Waals surface area contributed by atoms with Crippen LogP contribution >= 0.6 is 34.7 Å². The molecule has 0 radical (unpaired) electrons. The highest BCUT2D eigenvalue weighted by molar-refractivity contribution is 7.99. The molecule has 4 aromatic rings. The third-order valence-corrected chi connectivity index (χ3v) is 5.41. The van der Waals surface area contributed by atoms with E-state index in [2.05, 4.69) is 25.7 Å². The lowest BCUT2D eigenvalue weighted by molar-refractivity contribution is 0.510. The first-order valence-corrected chi connectivity index (χ1v) is 9.42. The van der Waals surface area contributed by atoms with E-state index in [0.29, 0.717) is 22.0 Å². The first-order chi connectivity index (χ1) is 12.2. The van der Waals surface area contributed by atoms with Crippen LogP contribution in [0.2, 0.25) is 5.02 Å². The van der Waals surface area contributed by atoms with Gasteiger partial charge in [0.25, 0.3) is 5.89 Å². The Kier molecular flexibility index (Phi) is 4.51. The summed E-state index contributed by atoms with van der Waals surface area (Å²) in [5.74, 6) is 1.04. The second kappa shape index (κ2) is 6.95. The second-order valence-corrected chi connectivity index (χ2v) is 7.73. The predicted octanol–water partition coefficient (Wildman–Crippen LogP) is 4.28. The van der Waals surface area contributed by atoms with Gasteiger partial charge in [0.1, 0.15) is 0 Å². The summed E-state index contributed by atoms with van der Waals surface area (Å²) >= 11 is 9.03. The number of rotatable bonds is 5. The molecule has 0 aliphatic heterocycles. The Hall–Kier alpha value is -2.23. The van der Waals surface area contributed by atoms with Crippen molar-refractivity contribution in [3.63, 3.8) is 0 Å². The molecule has 4 rings (SSSR count). The quantitative estimate of drug-likeness (QED) is 0.470. The fourth-order valence-corrected chi connectivity index (χ4v) is 3.80. The number of aromatic nitrogens is 6. The molecule has 7 nitrogen and oxygen atoms in total. The van der Waals surface area contributed by atoms with Crippen molar-refractivity contribution < 1.29 is 4.42 Å². The van der Waals surface area contributed by atoms with Crippen molar-refractivity contribution in [1.82, 2.24) is 30.4 Å². The number of thioether (sulfide) groups is 1. The van der Waals surface area contributed by atoms with E-state index in [1.54, 1.807) is 28.2 Å². The summed E-state index contributed by atoms with van der Waals surface area (Å²) in [5, 5.41) is 23.2. The molecule has 0 saturated carbocycles. The summed E-state index contributed by atoms with van der Waals surface area (Å²) in [6, 6.07) is 11.2. The molecule has 0 unspecified atom stereocenters. The van der Waals surface area contributed by atoms with Gasteiger partial charge < -0.3 is 4.42 Å². The van der Waals surface area contributed by atoms with Crippen molar-refractivity contribution in [3.05, 3.63) is 52.7 Å². The summed E-state index contributed by atoms with van der Waals surface area (Å²) in [5.41, 5.74) is 0.789. The lowest BCUT2D eigenvalue weighted by Crippen LogP contribution is -2.00. The summed E-state index contributed by atoms with van der Waals surface area (Å²) in [4.78, 5) is 0.944. The van der Waals surface area contributed by atoms with E-state index in [4.69, 9.17) is 16.0 Å². The van der Waals surface area contributed by atoms with Gasteiger partial charge in [0.2, 0.25) is 11.0 Å². The van der Waals surface area contributed by atoms with E-state index in [-0.39, 0.29) is 5.25 Å². The maximum atomic E-state index is 6.05. The van der Waals surface area contributed by atoms with Gasteiger partial charge in [-0.1, -0.05) is 35.5 Å². The van der Waals surface area contributed by atoms with Gasteiger partial charge in [0.15, 0.2) is 0 Å². The van der Waals surface area contributed by atoms with E-state index in [1.165, 1.54) is 11.8 Å². The average Bonchev–Trinajstić information content (AvgIpc) is 3.35. The smallest absolute Gasteiger partial charge is 0.257 e. The van der Waals surface area contributed by atoms with Crippen LogP contribution in [0.15, 0.2) is 51.4 Å². The van der Waals surface area contributed by atoms with Crippen molar-refractivity contribution >= 4 is 34.7 Å². The van der Waals surface area contributed by atoms with Crippen LogP contribution in [0.25, 0.3) is 16.5 Å². The first kappa shape index (κ1) is 16.2. The Bertz CT molecular complexity index is 984. The van der Waals surface area contributed by atoms with E-state index < -0.39 is 0 Å². The van der Waals surface area contributed by atoms with Crippen molar-refractivity contribution in [2.75, 3.05) is 0 Å². The topological polar surface area (TPSA) is 82.5 Å². The number of halogens is 1. The zero-order chi connectivity index (χ0) is 17.2. The van der Waals surface area contributed by atoms with Crippen LogP contribution in [0.1, 0.15) is 18.1 Å². The molecule has 25 heavy (non-hydrogen) atoms. The summed E-state index contributed by atoms with van der Waals surface area (Å²) in [6.07, 6.45) is 0. The number of hydrogen-bond donors (Lipinski definition) is 0. The molecule has 0 aliphatic carbocycles. The highest BCUT2D eigenvalue weighted by Gasteiger charge is 2.20. The number of tetrazole rings is 1. The van der Waals surface area contributed by atoms with Crippen molar-refractivity contribution in [3.8, 4) is 16.5 Å². The van der Waals surface area contributed by atoms with E-state index in [0.717, 1.165) is 10.6 Å². The Morgan fingerprint density at radius 1 is 1.20 bits per heavy atom. The molecular formula is C15H11ClN6OS2. The molecular weight excluding hydrogens is 380 g/mol. The molecule has 0 amide bonds. The number of thiophene rings is 1. The zero-order valence-corrected chi connectivity index (χ0v) is 15.3. The number of hydrogen-bond acceptors (Lipinski definition) is 8. The molecule has 3 aromatic heterocycles. The van der Waals surface area contributed by atoms with Crippen LogP contribution in [0.4, 0.5) is 0 Å². The molecule has 0 saturated heterocycles. The highest BCUT2D eigenvalue weighted by Crippen LogP contribution is 2.35. The standard InChI is InChI=1S/C15H11ClN6OS2/c1-9(13-17-18-14(23-13)12-6-3-7-24-12)25-15-19-20-21-22(15)11-5-2-4-10(16)8-11/h2-9H,1H3/t9-/m1/s1. The molecule has 1 aromatic carbocycles. The molecule has 0 fully saturated rings. The van der Waals surface area contributed by atoms with Crippen molar-refractivity contribution in [1.29, 1.82) is 0 Å². The van der Waals surface area contributed by atoms with Gasteiger partial charge in [-0.2, -0.15) is 4.68 Å². The Balaban J connectivity index is 1.56. The highest BCUT2D eigenvalue weighted by atomic mass is 35.5. The molecule has 10 heteroatoms. The van der Waals surface area contributed by atoms with Crippen LogP contribution in [-0.2, 0) is 0 Å². The molecule has 1 atom stereocenters. The fraction of sp³-hybridized carbons (Fsp3) is 0.133. The van der Waals surface area contributed by atoms with Crippen LogP contribution in [-0.4, -0.2) is 30.4 Å². The summed E-state index contributed by atoms with van der Waals surface area (Å²) in [7, 11) is 0. The van der Waals surface area contributed by atoms with Crippen LogP contribution in [0, 0.1) is 0 Å². The Labute approximate surface area is 156 Å². The lowest BCUT2D eigenvalue weighted by atomic mass is 10.3. The van der Waals surface area contributed by atoms with Gasteiger partial charge in [-0.05, 0) is 47.0 Å². The molecule has 0 N–H and O–H groups in total. The monoisotopic (exact) mass is 390 g/mol. The summed E-state index contributed by atoms with van der Waals surface area (Å²) < 4.78 is 7.40. The van der Waals surface area contributed by atoms with E-state index >= 15 is 0 Å². The average molecular weight is 391 g/mol. The molecule has 0 bridgehead atoms. The summed E-state index contributed by atoms with van der Waals surface area (Å²) in [6.45, 7) is 1.97. The Morgan fingerprint density at radius 3 is 2.92 bits per heavy atom. The third kappa shape index (κ3) is 3.44. The molecule has 3 heterocycles. The lowest BCUT2D eigenvalue weighted by Gasteiger charge is -2.07. The van der Waals surface area contributed by atoms with E-state index in [1.807, 2.05) is 36.6 Å². The SMILES string of the molecule is C[C@@H](Sc1nnnn1-c1cccc(Cl)c1)c1nnc(-c2cccs2)o1. The number of nitrogens with zero attached hydrogens (tertiary/aromatic N) is 6. The minimum atomic E-state index is -0.106. The zero-order valence-electron chi connectivity index (χ0n) is 12.9. The first-order valence-electron chi connectivity index (χ1n) is 7.29. The van der Waals surface area contributed by atoms with Crippen LogP contribution in [0.5, 0.6) is 0 Å². The van der Waals surface area contributed by atoms with Gasteiger partial charge in [0.05, 0.1) is 15.8 Å². The minimum Gasteiger partial charge on any atom is -0.419 e. The van der Waals surface area contributed by atoms with Crippen LogP contribution < -0.4 is 0 Å². The van der Waals surface area contributed by atoms with Crippen molar-refractivity contribution in [2.24, 2.45) is 0 Å². The maximum absolute atomic E-state index is 6.05. The predicted molar refractivity (Wildman–Crippen MR) is 96.0 cm³/mol. The largest absolute Gasteiger partial charge is 0.419 e. The molecule has 0 aliphatic rings. The van der Waals surface area contributed by atoms with Gasteiger partial charge in [-0.3, -0.25) is 0 Å².